The summed E-state index contributed by atoms with van der Waals surface area (Å²) in [6.45, 7) is 0.960. The molecule has 1 aliphatic heterocycles. The molecule has 0 fully saturated rings. The van der Waals surface area contributed by atoms with Crippen molar-refractivity contribution in [2.24, 2.45) is 0 Å². The number of hydrogen-bond acceptors (Lipinski definition) is 5. The van der Waals surface area contributed by atoms with Crippen LogP contribution in [0.15, 0.2) is 36.5 Å². The van der Waals surface area contributed by atoms with E-state index >= 15 is 0 Å². The maximum absolute atomic E-state index is 5.51. The Morgan fingerprint density at radius 3 is 2.95 bits per heavy atom. The number of hydrogen-bond donors (Lipinski definition) is 1. The molecule has 5 heteroatoms. The summed E-state index contributed by atoms with van der Waals surface area (Å²) in [4.78, 5) is 6.35. The molecule has 104 valence electrons. The van der Waals surface area contributed by atoms with E-state index in [0.717, 1.165) is 28.6 Å². The lowest BCUT2D eigenvalue weighted by Crippen LogP contribution is -2.13. The lowest BCUT2D eigenvalue weighted by molar-refractivity contribution is 0.173. The van der Waals surface area contributed by atoms with E-state index in [2.05, 4.69) is 10.3 Å². The van der Waals surface area contributed by atoms with Crippen molar-refractivity contribution in [1.29, 1.82) is 0 Å². The normalized spacial score (nSPS) is 12.3. The van der Waals surface area contributed by atoms with Crippen LogP contribution >= 0.6 is 0 Å². The third kappa shape index (κ3) is 2.34. The van der Waals surface area contributed by atoms with Gasteiger partial charge in [0.05, 0.1) is 5.69 Å². The zero-order chi connectivity index (χ0) is 13.9. The van der Waals surface area contributed by atoms with Crippen LogP contribution in [0.2, 0.25) is 0 Å². The molecule has 1 aromatic carbocycles. The Morgan fingerprint density at radius 2 is 2.10 bits per heavy atom. The van der Waals surface area contributed by atoms with Gasteiger partial charge in [-0.3, -0.25) is 0 Å². The minimum absolute atomic E-state index is 0.294. The van der Waals surface area contributed by atoms with Crippen LogP contribution < -0.4 is 19.7 Å². The van der Waals surface area contributed by atoms with E-state index in [0.29, 0.717) is 13.3 Å². The van der Waals surface area contributed by atoms with Crippen molar-refractivity contribution in [3.63, 3.8) is 0 Å². The van der Waals surface area contributed by atoms with Gasteiger partial charge < -0.3 is 19.7 Å². The van der Waals surface area contributed by atoms with E-state index < -0.39 is 0 Å². The van der Waals surface area contributed by atoms with Crippen molar-refractivity contribution in [2.45, 2.75) is 6.54 Å². The highest BCUT2D eigenvalue weighted by Crippen LogP contribution is 2.35. The highest BCUT2D eigenvalue weighted by atomic mass is 16.7. The molecule has 2 heterocycles. The van der Waals surface area contributed by atoms with Gasteiger partial charge in [-0.15, -0.1) is 0 Å². The van der Waals surface area contributed by atoms with Gasteiger partial charge in [0, 0.05) is 32.4 Å². The van der Waals surface area contributed by atoms with Crippen LogP contribution in [0.25, 0.3) is 0 Å². The highest BCUT2D eigenvalue weighted by Gasteiger charge is 2.17. The number of nitrogens with zero attached hydrogens (tertiary/aromatic N) is 2. The first-order valence-corrected chi connectivity index (χ1v) is 6.49. The van der Waals surface area contributed by atoms with E-state index in [1.165, 1.54) is 0 Å². The van der Waals surface area contributed by atoms with Crippen LogP contribution in [0.1, 0.15) is 5.56 Å². The number of benzene rings is 1. The minimum atomic E-state index is 0.294. The summed E-state index contributed by atoms with van der Waals surface area (Å²) in [5.74, 6) is 2.55. The molecule has 5 nitrogen and oxygen atoms in total. The first kappa shape index (κ1) is 12.6. The van der Waals surface area contributed by atoms with Gasteiger partial charge in [-0.2, -0.15) is 0 Å². The monoisotopic (exact) mass is 271 g/mol. The van der Waals surface area contributed by atoms with E-state index in [1.807, 2.05) is 49.3 Å². The average molecular weight is 271 g/mol. The molecular weight excluding hydrogens is 254 g/mol. The fourth-order valence-corrected chi connectivity index (χ4v) is 2.21. The zero-order valence-electron chi connectivity index (χ0n) is 11.6. The summed E-state index contributed by atoms with van der Waals surface area (Å²) in [7, 11) is 3.95. The topological polar surface area (TPSA) is 46.6 Å². The number of nitrogens with one attached hydrogen (secondary N) is 1. The van der Waals surface area contributed by atoms with Crippen molar-refractivity contribution < 1.29 is 9.47 Å². The van der Waals surface area contributed by atoms with Gasteiger partial charge >= 0.3 is 0 Å². The predicted octanol–water partition coefficient (Wildman–Crippen LogP) is 2.49. The fraction of sp³-hybridized carbons (Fsp3) is 0.267. The van der Waals surface area contributed by atoms with Crippen molar-refractivity contribution >= 4 is 11.5 Å². The summed E-state index contributed by atoms with van der Waals surface area (Å²) in [6, 6.07) is 9.86. The van der Waals surface area contributed by atoms with Crippen LogP contribution in [-0.2, 0) is 6.54 Å². The van der Waals surface area contributed by atoms with Crippen molar-refractivity contribution in [1.82, 2.24) is 4.98 Å². The molecule has 1 N–H and O–H groups in total. The van der Waals surface area contributed by atoms with Crippen LogP contribution in [0.5, 0.6) is 11.5 Å². The standard InChI is InChI=1S/C15H17N3O2/c1-18(2)15-12(6-4-8-16-15)17-9-11-5-3-7-13-14(11)20-10-19-13/h3-8,17H,9-10H2,1-2H3. The zero-order valence-corrected chi connectivity index (χ0v) is 11.6. The second-order valence-electron chi connectivity index (χ2n) is 4.77. The molecule has 1 aliphatic rings. The molecular formula is C15H17N3O2. The maximum atomic E-state index is 5.51. The molecule has 0 amide bonds. The van der Waals surface area contributed by atoms with E-state index in [1.54, 1.807) is 6.20 Å². The first-order chi connectivity index (χ1) is 9.75. The van der Waals surface area contributed by atoms with Crippen LogP contribution in [-0.4, -0.2) is 25.9 Å². The molecule has 0 aliphatic carbocycles. The number of ether oxygens (including phenoxy) is 2. The largest absolute Gasteiger partial charge is 0.454 e. The Balaban J connectivity index is 1.79. The second-order valence-corrected chi connectivity index (χ2v) is 4.77. The summed E-state index contributed by atoms with van der Waals surface area (Å²) in [5.41, 5.74) is 2.07. The Morgan fingerprint density at radius 1 is 1.20 bits per heavy atom. The highest BCUT2D eigenvalue weighted by molar-refractivity contribution is 5.65. The Bertz CT molecular complexity index is 614. The fourth-order valence-electron chi connectivity index (χ4n) is 2.21. The lowest BCUT2D eigenvalue weighted by Gasteiger charge is -2.17. The number of aromatic nitrogens is 1. The molecule has 0 saturated heterocycles. The molecule has 0 unspecified atom stereocenters. The number of fused-ring (bicyclic) bond motifs is 1. The molecule has 3 rings (SSSR count). The minimum Gasteiger partial charge on any atom is -0.454 e. The van der Waals surface area contributed by atoms with E-state index in [-0.39, 0.29) is 0 Å². The lowest BCUT2D eigenvalue weighted by atomic mass is 10.2. The van der Waals surface area contributed by atoms with Gasteiger partial charge in [0.15, 0.2) is 17.3 Å². The van der Waals surface area contributed by atoms with Gasteiger partial charge in [0.25, 0.3) is 0 Å². The second kappa shape index (κ2) is 5.28. The Labute approximate surface area is 118 Å². The average Bonchev–Trinajstić information content (AvgIpc) is 2.94. The van der Waals surface area contributed by atoms with Gasteiger partial charge in [-0.25, -0.2) is 4.98 Å². The summed E-state index contributed by atoms with van der Waals surface area (Å²) in [5, 5.41) is 3.40. The predicted molar refractivity (Wildman–Crippen MR) is 78.5 cm³/mol. The van der Waals surface area contributed by atoms with E-state index in [4.69, 9.17) is 9.47 Å². The number of anilines is 2. The van der Waals surface area contributed by atoms with Gasteiger partial charge in [0.2, 0.25) is 6.79 Å². The SMILES string of the molecule is CN(C)c1ncccc1NCc1cccc2c1OCO2. The van der Waals surface area contributed by atoms with Gasteiger partial charge in [-0.05, 0) is 18.2 Å². The quantitative estimate of drug-likeness (QED) is 0.925. The summed E-state index contributed by atoms with van der Waals surface area (Å²) >= 11 is 0. The van der Waals surface area contributed by atoms with Gasteiger partial charge in [0.1, 0.15) is 0 Å². The van der Waals surface area contributed by atoms with Crippen molar-refractivity contribution in [3.8, 4) is 11.5 Å². The molecule has 0 radical (unpaired) electrons. The summed E-state index contributed by atoms with van der Waals surface area (Å²) < 4.78 is 10.9. The van der Waals surface area contributed by atoms with Gasteiger partial charge in [-0.1, -0.05) is 12.1 Å². The smallest absolute Gasteiger partial charge is 0.231 e. The van der Waals surface area contributed by atoms with Crippen molar-refractivity contribution in [2.75, 3.05) is 31.1 Å². The molecule has 20 heavy (non-hydrogen) atoms. The third-order valence-corrected chi connectivity index (χ3v) is 3.16. The molecule has 0 atom stereocenters. The van der Waals surface area contributed by atoms with E-state index in [9.17, 15) is 0 Å². The molecule has 2 aromatic rings. The van der Waals surface area contributed by atoms with Crippen molar-refractivity contribution in [3.05, 3.63) is 42.1 Å². The summed E-state index contributed by atoms with van der Waals surface area (Å²) in [6.07, 6.45) is 1.79. The third-order valence-electron chi connectivity index (χ3n) is 3.16. The first-order valence-electron chi connectivity index (χ1n) is 6.49. The molecule has 0 bridgehead atoms. The Hall–Kier alpha value is -2.43. The van der Waals surface area contributed by atoms with Crippen LogP contribution in [0.4, 0.5) is 11.5 Å². The molecule has 0 saturated carbocycles. The van der Waals surface area contributed by atoms with Crippen LogP contribution in [0.3, 0.4) is 0 Å². The number of para-hydroxylation sites is 1. The Kier molecular flexibility index (Phi) is 3.33. The molecule has 0 spiro atoms. The van der Waals surface area contributed by atoms with Crippen LogP contribution in [0, 0.1) is 0 Å². The maximum Gasteiger partial charge on any atom is 0.231 e. The number of pyridine rings is 1. The molecule has 1 aromatic heterocycles. The number of rotatable bonds is 4.